The number of anilines is 4. The minimum absolute atomic E-state index is 0.218. The lowest BCUT2D eigenvalue weighted by Gasteiger charge is -2.29. The molecular weight excluding hydrogens is 404 g/mol. The van der Waals surface area contributed by atoms with Crippen molar-refractivity contribution in [2.75, 3.05) is 43.3 Å². The Bertz CT molecular complexity index is 846. The third-order valence-electron chi connectivity index (χ3n) is 4.29. The quantitative estimate of drug-likeness (QED) is 0.507. The Morgan fingerprint density at radius 1 is 0.679 bits per heavy atom. The van der Waals surface area contributed by atoms with Crippen LogP contribution >= 0.6 is 11.8 Å². The van der Waals surface area contributed by atoms with Crippen LogP contribution in [0.25, 0.3) is 0 Å². The maximum Gasteiger partial charge on any atom is 0.418 e. The Hall–Kier alpha value is -2.23. The summed E-state index contributed by atoms with van der Waals surface area (Å²) in [5.41, 5.74) is -2.11. The van der Waals surface area contributed by atoms with Gasteiger partial charge in [-0.15, -0.1) is 0 Å². The van der Waals surface area contributed by atoms with Gasteiger partial charge in [0.05, 0.1) is 22.5 Å². The Morgan fingerprint density at radius 3 is 1.32 bits per heavy atom. The van der Waals surface area contributed by atoms with Crippen molar-refractivity contribution in [1.29, 1.82) is 0 Å². The van der Waals surface area contributed by atoms with Crippen molar-refractivity contribution in [2.24, 2.45) is 0 Å². The molecule has 0 aliphatic carbocycles. The highest BCUT2D eigenvalue weighted by Crippen LogP contribution is 2.54. The van der Waals surface area contributed by atoms with Gasteiger partial charge in [-0.25, -0.2) is 0 Å². The molecule has 3 rings (SSSR count). The topological polar surface area (TPSA) is 18.5 Å². The predicted molar refractivity (Wildman–Crippen MR) is 98.9 cm³/mol. The molecule has 10 heteroatoms. The minimum Gasteiger partial charge on any atom is -0.378 e. The van der Waals surface area contributed by atoms with Gasteiger partial charge >= 0.3 is 12.4 Å². The van der Waals surface area contributed by atoms with E-state index in [0.717, 1.165) is 23.9 Å². The molecule has 2 aromatic carbocycles. The van der Waals surface area contributed by atoms with E-state index in [1.165, 1.54) is 21.9 Å². The average molecular weight is 421 g/mol. The van der Waals surface area contributed by atoms with Crippen molar-refractivity contribution >= 4 is 34.5 Å². The monoisotopic (exact) mass is 421 g/mol. The SMILES string of the molecule is CN(C)c1cc2c(c(C(F)(F)F)c1)Nc1c(cc(N(C)C)cc1C(F)(F)F)S2. The maximum atomic E-state index is 13.6. The number of nitrogens with one attached hydrogen (secondary N) is 1. The summed E-state index contributed by atoms with van der Waals surface area (Å²) in [6.45, 7) is 0. The van der Waals surface area contributed by atoms with E-state index in [1.807, 2.05) is 0 Å². The van der Waals surface area contributed by atoms with Crippen LogP contribution in [0, 0.1) is 0 Å². The van der Waals surface area contributed by atoms with E-state index < -0.39 is 23.5 Å². The summed E-state index contributed by atoms with van der Waals surface area (Å²) in [5.74, 6) is 0. The van der Waals surface area contributed by atoms with Crippen LogP contribution in [0.3, 0.4) is 0 Å². The highest BCUT2D eigenvalue weighted by molar-refractivity contribution is 7.99. The van der Waals surface area contributed by atoms with E-state index in [4.69, 9.17) is 0 Å². The first-order valence-electron chi connectivity index (χ1n) is 8.09. The maximum absolute atomic E-state index is 13.6. The van der Waals surface area contributed by atoms with Crippen LogP contribution in [0.15, 0.2) is 34.1 Å². The van der Waals surface area contributed by atoms with Crippen LogP contribution in [-0.2, 0) is 12.4 Å². The molecule has 28 heavy (non-hydrogen) atoms. The van der Waals surface area contributed by atoms with Crippen molar-refractivity contribution in [3.63, 3.8) is 0 Å². The molecule has 0 amide bonds. The van der Waals surface area contributed by atoms with E-state index in [-0.39, 0.29) is 21.2 Å². The van der Waals surface area contributed by atoms with Crippen molar-refractivity contribution in [1.82, 2.24) is 0 Å². The molecule has 0 aromatic heterocycles. The number of nitrogens with zero attached hydrogens (tertiary/aromatic N) is 2. The van der Waals surface area contributed by atoms with Gasteiger partial charge < -0.3 is 15.1 Å². The molecule has 0 saturated heterocycles. The molecule has 1 heterocycles. The number of rotatable bonds is 2. The Kier molecular flexibility index (Phi) is 4.89. The van der Waals surface area contributed by atoms with Crippen LogP contribution in [0.5, 0.6) is 0 Å². The summed E-state index contributed by atoms with van der Waals surface area (Å²) in [4.78, 5) is 3.47. The van der Waals surface area contributed by atoms with Gasteiger partial charge in [0.2, 0.25) is 0 Å². The molecule has 1 N–H and O–H groups in total. The minimum atomic E-state index is -4.72. The number of fused-ring (bicyclic) bond motifs is 2. The zero-order chi connectivity index (χ0) is 21.0. The first kappa shape index (κ1) is 20.5. The first-order valence-corrected chi connectivity index (χ1v) is 8.90. The molecule has 0 atom stereocenters. The largest absolute Gasteiger partial charge is 0.418 e. The fourth-order valence-corrected chi connectivity index (χ4v) is 3.95. The number of hydrogen-bond acceptors (Lipinski definition) is 4. The average Bonchev–Trinajstić information content (AvgIpc) is 2.55. The molecule has 3 nitrogen and oxygen atoms in total. The lowest BCUT2D eigenvalue weighted by Crippen LogP contribution is -2.19. The molecule has 1 aliphatic rings. The van der Waals surface area contributed by atoms with E-state index in [2.05, 4.69) is 5.32 Å². The summed E-state index contributed by atoms with van der Waals surface area (Å²) in [5, 5.41) is 2.43. The lowest BCUT2D eigenvalue weighted by molar-refractivity contribution is -0.137. The van der Waals surface area contributed by atoms with Gasteiger partial charge in [0.25, 0.3) is 0 Å². The zero-order valence-electron chi connectivity index (χ0n) is 15.4. The third-order valence-corrected chi connectivity index (χ3v) is 5.37. The second-order valence-electron chi connectivity index (χ2n) is 6.74. The van der Waals surface area contributed by atoms with Gasteiger partial charge in [-0.2, -0.15) is 26.3 Å². The van der Waals surface area contributed by atoms with Gasteiger partial charge in [-0.1, -0.05) is 11.8 Å². The Balaban J connectivity index is 2.25. The molecule has 1 aliphatic heterocycles. The summed E-state index contributed by atoms with van der Waals surface area (Å²) in [6.07, 6.45) is -9.44. The number of alkyl halides is 6. The molecular formula is C18H17F6N3S. The standard InChI is InChI=1S/C18H17F6N3S/c1-26(2)9-5-11(17(19,20)21)15-13(7-9)28-14-8-10(27(3)4)6-12(16(14)25-15)18(22,23)24/h5-8,25H,1-4H3. The van der Waals surface area contributed by atoms with Crippen molar-refractivity contribution in [3.05, 3.63) is 35.4 Å². The normalized spacial score (nSPS) is 13.5. The first-order chi connectivity index (χ1) is 12.8. The fourth-order valence-electron chi connectivity index (χ4n) is 2.83. The molecule has 0 spiro atoms. The molecule has 152 valence electrons. The molecule has 0 fully saturated rings. The van der Waals surface area contributed by atoms with Gasteiger partial charge in [-0.3, -0.25) is 0 Å². The zero-order valence-corrected chi connectivity index (χ0v) is 16.2. The number of halogens is 6. The third kappa shape index (κ3) is 3.69. The van der Waals surface area contributed by atoms with Crippen LogP contribution < -0.4 is 15.1 Å². The summed E-state index contributed by atoms with van der Waals surface area (Å²) in [6, 6.07) is 4.92. The van der Waals surface area contributed by atoms with E-state index >= 15 is 0 Å². The van der Waals surface area contributed by atoms with Gasteiger partial charge in [0.15, 0.2) is 0 Å². The Labute approximate surface area is 162 Å². The van der Waals surface area contributed by atoms with Crippen molar-refractivity contribution in [3.8, 4) is 0 Å². The van der Waals surface area contributed by atoms with Crippen LogP contribution in [0.4, 0.5) is 49.1 Å². The summed E-state index contributed by atoms with van der Waals surface area (Å²) in [7, 11) is 6.40. The van der Waals surface area contributed by atoms with E-state index in [9.17, 15) is 26.3 Å². The Morgan fingerprint density at radius 2 is 1.04 bits per heavy atom. The molecule has 2 aromatic rings. The number of hydrogen-bond donors (Lipinski definition) is 1. The van der Waals surface area contributed by atoms with Crippen LogP contribution in [-0.4, -0.2) is 28.2 Å². The molecule has 0 unspecified atom stereocenters. The van der Waals surface area contributed by atoms with Gasteiger partial charge in [0, 0.05) is 49.4 Å². The van der Waals surface area contributed by atoms with E-state index in [1.54, 1.807) is 28.2 Å². The van der Waals surface area contributed by atoms with Gasteiger partial charge in [-0.05, 0) is 24.3 Å². The smallest absolute Gasteiger partial charge is 0.378 e. The summed E-state index contributed by atoms with van der Waals surface area (Å²) >= 11 is 0.890. The summed E-state index contributed by atoms with van der Waals surface area (Å²) < 4.78 is 81.6. The molecule has 0 bridgehead atoms. The second kappa shape index (κ2) is 6.68. The van der Waals surface area contributed by atoms with Gasteiger partial charge in [0.1, 0.15) is 0 Å². The van der Waals surface area contributed by atoms with E-state index in [0.29, 0.717) is 11.4 Å². The second-order valence-corrected chi connectivity index (χ2v) is 7.83. The predicted octanol–water partition coefficient (Wildman–Crippen LogP) is 6.06. The molecule has 0 radical (unpaired) electrons. The van der Waals surface area contributed by atoms with Crippen LogP contribution in [0.1, 0.15) is 11.1 Å². The molecule has 0 saturated carbocycles. The number of benzene rings is 2. The lowest BCUT2D eigenvalue weighted by atomic mass is 10.1. The van der Waals surface area contributed by atoms with Crippen LogP contribution in [0.2, 0.25) is 0 Å². The van der Waals surface area contributed by atoms with Crippen molar-refractivity contribution < 1.29 is 26.3 Å². The highest BCUT2D eigenvalue weighted by atomic mass is 32.2. The fraction of sp³-hybridized carbons (Fsp3) is 0.333. The van der Waals surface area contributed by atoms with Crippen molar-refractivity contribution in [2.45, 2.75) is 22.1 Å². The highest BCUT2D eigenvalue weighted by Gasteiger charge is 2.40.